The van der Waals surface area contributed by atoms with E-state index in [1.54, 1.807) is 0 Å². The molecule has 0 saturated carbocycles. The number of benzene rings is 1. The molecule has 0 atom stereocenters. The van der Waals surface area contributed by atoms with Crippen molar-refractivity contribution in [1.82, 2.24) is 10.1 Å². The van der Waals surface area contributed by atoms with Crippen molar-refractivity contribution in [2.24, 2.45) is 0 Å². The number of alkyl halides is 1. The summed E-state index contributed by atoms with van der Waals surface area (Å²) >= 11 is 5.59. The van der Waals surface area contributed by atoms with Crippen LogP contribution in [0.1, 0.15) is 18.3 Å². The second kappa shape index (κ2) is 4.45. The van der Waals surface area contributed by atoms with Gasteiger partial charge in [0.1, 0.15) is 0 Å². The standard InChI is InChI=1S/C11H11ClN2O/c1-2-8-3-5-9(6-4-8)11-13-10(7-12)14-15-11/h3-6H,2,7H2,1H3. The lowest BCUT2D eigenvalue weighted by molar-refractivity contribution is 0.425. The minimum Gasteiger partial charge on any atom is -0.334 e. The van der Waals surface area contributed by atoms with Crippen LogP contribution < -0.4 is 0 Å². The van der Waals surface area contributed by atoms with E-state index in [0.29, 0.717) is 11.7 Å². The summed E-state index contributed by atoms with van der Waals surface area (Å²) in [5.74, 6) is 1.32. The minimum atomic E-state index is 0.274. The zero-order valence-electron chi connectivity index (χ0n) is 8.40. The van der Waals surface area contributed by atoms with Crippen LogP contribution in [-0.2, 0) is 12.3 Å². The topological polar surface area (TPSA) is 38.9 Å². The molecule has 2 rings (SSSR count). The minimum absolute atomic E-state index is 0.274. The lowest BCUT2D eigenvalue weighted by atomic mass is 10.1. The second-order valence-electron chi connectivity index (χ2n) is 3.20. The van der Waals surface area contributed by atoms with E-state index < -0.39 is 0 Å². The highest BCUT2D eigenvalue weighted by Crippen LogP contribution is 2.18. The van der Waals surface area contributed by atoms with Gasteiger partial charge in [-0.3, -0.25) is 0 Å². The molecule has 1 aromatic carbocycles. The van der Waals surface area contributed by atoms with Gasteiger partial charge in [0.2, 0.25) is 0 Å². The maximum atomic E-state index is 5.59. The maximum Gasteiger partial charge on any atom is 0.257 e. The van der Waals surface area contributed by atoms with Crippen molar-refractivity contribution in [3.8, 4) is 11.5 Å². The molecule has 1 aromatic heterocycles. The van der Waals surface area contributed by atoms with Gasteiger partial charge in [0.05, 0.1) is 5.88 Å². The van der Waals surface area contributed by atoms with Gasteiger partial charge in [0.15, 0.2) is 5.82 Å². The van der Waals surface area contributed by atoms with Gasteiger partial charge in [-0.2, -0.15) is 4.98 Å². The van der Waals surface area contributed by atoms with Gasteiger partial charge in [-0.1, -0.05) is 24.2 Å². The van der Waals surface area contributed by atoms with Gasteiger partial charge in [-0.25, -0.2) is 0 Å². The molecule has 0 aliphatic heterocycles. The average molecular weight is 223 g/mol. The highest BCUT2D eigenvalue weighted by molar-refractivity contribution is 6.16. The summed E-state index contributed by atoms with van der Waals surface area (Å²) in [6.07, 6.45) is 1.02. The zero-order chi connectivity index (χ0) is 10.7. The first-order valence-corrected chi connectivity index (χ1v) is 5.34. The predicted molar refractivity (Wildman–Crippen MR) is 58.7 cm³/mol. The van der Waals surface area contributed by atoms with Crippen molar-refractivity contribution in [3.05, 3.63) is 35.7 Å². The van der Waals surface area contributed by atoms with Gasteiger partial charge < -0.3 is 4.52 Å². The van der Waals surface area contributed by atoms with Gasteiger partial charge in [-0.05, 0) is 24.1 Å². The van der Waals surface area contributed by atoms with Gasteiger partial charge in [-0.15, -0.1) is 11.6 Å². The summed E-state index contributed by atoms with van der Waals surface area (Å²) in [5, 5.41) is 3.74. The monoisotopic (exact) mass is 222 g/mol. The molecule has 78 valence electrons. The lowest BCUT2D eigenvalue weighted by Gasteiger charge is -1.96. The number of hydrogen-bond donors (Lipinski definition) is 0. The zero-order valence-corrected chi connectivity index (χ0v) is 9.16. The molecule has 0 saturated heterocycles. The van der Waals surface area contributed by atoms with E-state index in [4.69, 9.17) is 16.1 Å². The van der Waals surface area contributed by atoms with Crippen LogP contribution in [0.5, 0.6) is 0 Å². The molecule has 15 heavy (non-hydrogen) atoms. The van der Waals surface area contributed by atoms with Gasteiger partial charge in [0.25, 0.3) is 5.89 Å². The summed E-state index contributed by atoms with van der Waals surface area (Å²) in [4.78, 5) is 4.14. The van der Waals surface area contributed by atoms with Crippen LogP contribution in [0.15, 0.2) is 28.8 Å². The first-order valence-electron chi connectivity index (χ1n) is 4.81. The Bertz CT molecular complexity index is 436. The summed E-state index contributed by atoms with van der Waals surface area (Å²) in [6, 6.07) is 8.06. The van der Waals surface area contributed by atoms with Crippen molar-refractivity contribution < 1.29 is 4.52 Å². The maximum absolute atomic E-state index is 5.59. The van der Waals surface area contributed by atoms with Crippen LogP contribution in [0.3, 0.4) is 0 Å². The molecule has 2 aromatic rings. The van der Waals surface area contributed by atoms with E-state index in [1.165, 1.54) is 5.56 Å². The van der Waals surface area contributed by atoms with E-state index in [-0.39, 0.29) is 5.88 Å². The first-order chi connectivity index (χ1) is 7.33. The van der Waals surface area contributed by atoms with Crippen LogP contribution in [-0.4, -0.2) is 10.1 Å². The lowest BCUT2D eigenvalue weighted by Crippen LogP contribution is -1.82. The molecule has 1 heterocycles. The average Bonchev–Trinajstić information content (AvgIpc) is 2.78. The Kier molecular flexibility index (Phi) is 3.02. The highest BCUT2D eigenvalue weighted by atomic mass is 35.5. The first kappa shape index (κ1) is 10.2. The largest absolute Gasteiger partial charge is 0.334 e. The fourth-order valence-corrected chi connectivity index (χ4v) is 1.42. The Morgan fingerprint density at radius 3 is 2.53 bits per heavy atom. The number of halogens is 1. The third-order valence-corrected chi connectivity index (χ3v) is 2.44. The molecule has 0 bridgehead atoms. The van der Waals surface area contributed by atoms with Gasteiger partial charge in [0, 0.05) is 5.56 Å². The quantitative estimate of drug-likeness (QED) is 0.750. The SMILES string of the molecule is CCc1ccc(-c2nc(CCl)no2)cc1. The summed E-state index contributed by atoms with van der Waals surface area (Å²) in [6.45, 7) is 2.12. The molecule has 0 aliphatic rings. The number of aromatic nitrogens is 2. The second-order valence-corrected chi connectivity index (χ2v) is 3.47. The Balaban J connectivity index is 2.28. The third kappa shape index (κ3) is 2.18. The van der Waals surface area contributed by atoms with E-state index in [0.717, 1.165) is 12.0 Å². The van der Waals surface area contributed by atoms with E-state index >= 15 is 0 Å². The van der Waals surface area contributed by atoms with Crippen molar-refractivity contribution >= 4 is 11.6 Å². The van der Waals surface area contributed by atoms with Gasteiger partial charge >= 0.3 is 0 Å². The summed E-state index contributed by atoms with van der Waals surface area (Å²) in [7, 11) is 0. The fraction of sp³-hybridized carbons (Fsp3) is 0.273. The Morgan fingerprint density at radius 2 is 2.00 bits per heavy atom. The van der Waals surface area contributed by atoms with Crippen molar-refractivity contribution in [2.45, 2.75) is 19.2 Å². The molecule has 3 nitrogen and oxygen atoms in total. The van der Waals surface area contributed by atoms with E-state index in [1.807, 2.05) is 12.1 Å². The molecule has 0 fully saturated rings. The van der Waals surface area contributed by atoms with Crippen LogP contribution in [0.2, 0.25) is 0 Å². The van der Waals surface area contributed by atoms with E-state index in [9.17, 15) is 0 Å². The number of nitrogens with zero attached hydrogens (tertiary/aromatic N) is 2. The van der Waals surface area contributed by atoms with Crippen LogP contribution in [0.25, 0.3) is 11.5 Å². The van der Waals surface area contributed by atoms with E-state index in [2.05, 4.69) is 29.2 Å². The molecule has 0 unspecified atom stereocenters. The molecule has 0 aliphatic carbocycles. The summed E-state index contributed by atoms with van der Waals surface area (Å²) in [5.41, 5.74) is 2.21. The smallest absolute Gasteiger partial charge is 0.257 e. The summed E-state index contributed by atoms with van der Waals surface area (Å²) < 4.78 is 5.07. The molecule has 0 N–H and O–H groups in total. The molecule has 0 radical (unpaired) electrons. The molecule has 0 spiro atoms. The fourth-order valence-electron chi connectivity index (χ4n) is 1.31. The van der Waals surface area contributed by atoms with Crippen LogP contribution >= 0.6 is 11.6 Å². The van der Waals surface area contributed by atoms with Crippen molar-refractivity contribution in [1.29, 1.82) is 0 Å². The molecule has 4 heteroatoms. The Hall–Kier alpha value is -1.35. The third-order valence-electron chi connectivity index (χ3n) is 2.20. The van der Waals surface area contributed by atoms with Crippen molar-refractivity contribution in [2.75, 3.05) is 0 Å². The Labute approximate surface area is 93.1 Å². The molecular formula is C11H11ClN2O. The number of hydrogen-bond acceptors (Lipinski definition) is 3. The molecular weight excluding hydrogens is 212 g/mol. The van der Waals surface area contributed by atoms with Crippen LogP contribution in [0, 0.1) is 0 Å². The molecule has 0 amide bonds. The van der Waals surface area contributed by atoms with Crippen LogP contribution in [0.4, 0.5) is 0 Å². The Morgan fingerprint density at radius 1 is 1.27 bits per heavy atom. The van der Waals surface area contributed by atoms with Crippen molar-refractivity contribution in [3.63, 3.8) is 0 Å². The number of aryl methyl sites for hydroxylation is 1. The number of rotatable bonds is 3. The normalized spacial score (nSPS) is 10.5. The highest BCUT2D eigenvalue weighted by Gasteiger charge is 2.07. The predicted octanol–water partition coefficient (Wildman–Crippen LogP) is 3.04.